The largest absolute Gasteiger partial charge is 0.493 e. The van der Waals surface area contributed by atoms with Gasteiger partial charge < -0.3 is 10.2 Å². The second-order valence-corrected chi connectivity index (χ2v) is 8.05. The molecular weight excluding hydrogens is 518 g/mol. The van der Waals surface area contributed by atoms with Gasteiger partial charge in [-0.2, -0.15) is 19.6 Å². The van der Waals surface area contributed by atoms with Crippen LogP contribution in [0.25, 0.3) is 45.0 Å². The second kappa shape index (κ2) is 10.2. The minimum absolute atomic E-state index is 0. The normalized spacial score (nSPS) is 10.7. The van der Waals surface area contributed by atoms with Crippen molar-refractivity contribution in [2.75, 3.05) is 0 Å². The van der Waals surface area contributed by atoms with Crippen LogP contribution in [0.3, 0.4) is 0 Å². The average molecular weight is 538 g/mol. The Morgan fingerprint density at radius 3 is 1.16 bits per heavy atom. The first-order valence-electron chi connectivity index (χ1n) is 11.3. The number of nitrogens with zero attached hydrogens (tertiary/aromatic N) is 6. The van der Waals surface area contributed by atoms with Gasteiger partial charge in [0.1, 0.15) is 0 Å². The first kappa shape index (κ1) is 24.1. The molecule has 0 saturated carbocycles. The molecule has 0 aliphatic carbocycles. The molecule has 2 N–H and O–H groups in total. The molecule has 0 aliphatic heterocycles. The van der Waals surface area contributed by atoms with Crippen LogP contribution in [-0.4, -0.2) is 39.7 Å². The van der Waals surface area contributed by atoms with Crippen LogP contribution in [0.5, 0.6) is 11.8 Å². The van der Waals surface area contributed by atoms with E-state index in [-0.39, 0.29) is 31.2 Å². The second-order valence-electron chi connectivity index (χ2n) is 8.05. The summed E-state index contributed by atoms with van der Waals surface area (Å²) in [4.78, 5) is 8.57. The van der Waals surface area contributed by atoms with E-state index in [2.05, 4.69) is 20.2 Å². The number of rotatable bonds is 5. The summed E-state index contributed by atoms with van der Waals surface area (Å²) in [5.41, 5.74) is 4.46. The Bertz CT molecular complexity index is 1540. The number of aromatic hydroxyl groups is 2. The molecule has 0 spiro atoms. The van der Waals surface area contributed by atoms with Crippen LogP contribution >= 0.6 is 0 Å². The van der Waals surface area contributed by atoms with Crippen LogP contribution in [0, 0.1) is 0 Å². The fourth-order valence-electron chi connectivity index (χ4n) is 4.26. The Kier molecular flexibility index (Phi) is 6.62. The van der Waals surface area contributed by atoms with Crippen molar-refractivity contribution in [1.82, 2.24) is 29.5 Å². The molecule has 0 radical (unpaired) electrons. The zero-order valence-electron chi connectivity index (χ0n) is 19.7. The van der Waals surface area contributed by atoms with Crippen molar-refractivity contribution in [2.45, 2.75) is 0 Å². The van der Waals surface area contributed by atoms with Crippen LogP contribution in [0.4, 0.5) is 0 Å². The Morgan fingerprint density at radius 1 is 0.459 bits per heavy atom. The van der Waals surface area contributed by atoms with Gasteiger partial charge in [-0.05, 0) is 46.5 Å². The Hall–Kier alpha value is -4.62. The van der Waals surface area contributed by atoms with Gasteiger partial charge in [-0.1, -0.05) is 60.7 Å². The molecule has 0 saturated heterocycles. The molecule has 0 unspecified atom stereocenters. The van der Waals surface area contributed by atoms with Crippen LogP contribution in [0.1, 0.15) is 0 Å². The quantitative estimate of drug-likeness (QED) is 0.291. The van der Waals surface area contributed by atoms with E-state index in [0.717, 1.165) is 22.3 Å². The van der Waals surface area contributed by atoms with Crippen molar-refractivity contribution >= 4 is 0 Å². The molecule has 9 heteroatoms. The fraction of sp³-hybridized carbons (Fsp3) is 0. The summed E-state index contributed by atoms with van der Waals surface area (Å²) in [7, 11) is 0. The zero-order chi connectivity index (χ0) is 24.5. The third-order valence-electron chi connectivity index (χ3n) is 5.94. The van der Waals surface area contributed by atoms with Crippen molar-refractivity contribution in [1.29, 1.82) is 0 Å². The first-order chi connectivity index (χ1) is 17.7. The van der Waals surface area contributed by atoms with Crippen molar-refractivity contribution in [3.8, 4) is 56.8 Å². The van der Waals surface area contributed by atoms with E-state index < -0.39 is 0 Å². The first-order valence-corrected chi connectivity index (χ1v) is 11.3. The van der Waals surface area contributed by atoms with E-state index in [1.807, 2.05) is 72.8 Å². The molecular formula is C28H20N6O2Zn. The number of hydrogen-bond donors (Lipinski definition) is 2. The SMILES string of the molecule is Oc1c(-c2ccccc2-c2ccccc2-c2cnn(-c3ccccn3)c2O)cnn1-c1ccccn1.[Zn]. The van der Waals surface area contributed by atoms with Gasteiger partial charge in [-0.25, -0.2) is 9.97 Å². The molecule has 176 valence electrons. The van der Waals surface area contributed by atoms with E-state index in [1.54, 1.807) is 36.9 Å². The molecule has 4 heterocycles. The summed E-state index contributed by atoms with van der Waals surface area (Å²) >= 11 is 0. The predicted octanol–water partition coefficient (Wildman–Crippen LogP) is 5.26. The molecule has 0 fully saturated rings. The molecule has 37 heavy (non-hydrogen) atoms. The van der Waals surface area contributed by atoms with E-state index in [9.17, 15) is 10.2 Å². The van der Waals surface area contributed by atoms with E-state index >= 15 is 0 Å². The minimum atomic E-state index is -0.00977. The number of pyridine rings is 2. The van der Waals surface area contributed by atoms with Gasteiger partial charge in [0.2, 0.25) is 11.8 Å². The zero-order valence-corrected chi connectivity index (χ0v) is 22.6. The summed E-state index contributed by atoms with van der Waals surface area (Å²) < 4.78 is 2.81. The molecule has 0 bridgehead atoms. The van der Waals surface area contributed by atoms with Gasteiger partial charge in [-0.3, -0.25) is 0 Å². The summed E-state index contributed by atoms with van der Waals surface area (Å²) in [6.07, 6.45) is 6.56. The Morgan fingerprint density at radius 2 is 0.811 bits per heavy atom. The standard InChI is InChI=1S/C28H20N6O2.Zn/c35-27-23(17-31-33(27)25-13-5-7-15-29-25)21-11-3-1-9-19(21)20-10-2-4-12-22(20)24-18-32-34(28(24)36)26-14-6-8-16-30-26;/h1-18,35-36H;. The summed E-state index contributed by atoms with van der Waals surface area (Å²) in [5, 5.41) is 30.9. The van der Waals surface area contributed by atoms with E-state index in [0.29, 0.717) is 22.8 Å². The topological polar surface area (TPSA) is 102 Å². The molecule has 4 aromatic heterocycles. The van der Waals surface area contributed by atoms with Gasteiger partial charge in [0.05, 0.1) is 23.5 Å². The summed E-state index contributed by atoms with van der Waals surface area (Å²) in [6, 6.07) is 26.4. The number of aromatic nitrogens is 6. The van der Waals surface area contributed by atoms with Crippen molar-refractivity contribution < 1.29 is 29.7 Å². The van der Waals surface area contributed by atoms with Gasteiger partial charge in [-0.15, -0.1) is 0 Å². The van der Waals surface area contributed by atoms with Crippen molar-refractivity contribution in [3.63, 3.8) is 0 Å². The third-order valence-corrected chi connectivity index (χ3v) is 5.94. The van der Waals surface area contributed by atoms with E-state index in [1.165, 1.54) is 9.36 Å². The summed E-state index contributed by atoms with van der Waals surface area (Å²) in [5.74, 6) is 1.02. The van der Waals surface area contributed by atoms with Gasteiger partial charge in [0.15, 0.2) is 11.6 Å². The van der Waals surface area contributed by atoms with Crippen LogP contribution < -0.4 is 0 Å². The van der Waals surface area contributed by atoms with Crippen LogP contribution in [0.2, 0.25) is 0 Å². The molecule has 6 rings (SSSR count). The van der Waals surface area contributed by atoms with E-state index in [4.69, 9.17) is 0 Å². The van der Waals surface area contributed by atoms with Gasteiger partial charge >= 0.3 is 0 Å². The van der Waals surface area contributed by atoms with Crippen LogP contribution in [-0.2, 0) is 19.5 Å². The Balaban J connectivity index is 0.00000280. The van der Waals surface area contributed by atoms with Crippen LogP contribution in [0.15, 0.2) is 110 Å². The maximum atomic E-state index is 11.1. The van der Waals surface area contributed by atoms with Crippen molar-refractivity contribution in [3.05, 3.63) is 110 Å². The molecule has 0 amide bonds. The maximum Gasteiger partial charge on any atom is 0.223 e. The fourth-order valence-corrected chi connectivity index (χ4v) is 4.26. The smallest absolute Gasteiger partial charge is 0.223 e. The monoisotopic (exact) mass is 536 g/mol. The number of benzene rings is 2. The molecule has 8 nitrogen and oxygen atoms in total. The average Bonchev–Trinajstić information content (AvgIpc) is 3.52. The van der Waals surface area contributed by atoms with Crippen molar-refractivity contribution in [2.24, 2.45) is 0 Å². The van der Waals surface area contributed by atoms with Gasteiger partial charge in [0.25, 0.3) is 0 Å². The summed E-state index contributed by atoms with van der Waals surface area (Å²) in [6.45, 7) is 0. The maximum absolute atomic E-state index is 11.1. The molecule has 0 atom stereocenters. The predicted molar refractivity (Wildman–Crippen MR) is 136 cm³/mol. The molecule has 2 aromatic carbocycles. The third kappa shape index (κ3) is 4.30. The minimum Gasteiger partial charge on any atom is -0.493 e. The number of hydrogen-bond acceptors (Lipinski definition) is 6. The van der Waals surface area contributed by atoms with Gasteiger partial charge in [0, 0.05) is 31.9 Å². The Labute approximate surface area is 225 Å². The molecule has 6 aromatic rings. The molecule has 0 aliphatic rings.